The zero-order valence-electron chi connectivity index (χ0n) is 17.4. The van der Waals surface area contributed by atoms with Crippen LogP contribution in [0.5, 0.6) is 0 Å². The third-order valence-electron chi connectivity index (χ3n) is 5.12. The minimum absolute atomic E-state index is 0.111. The summed E-state index contributed by atoms with van der Waals surface area (Å²) in [5.74, 6) is -1.15. The highest BCUT2D eigenvalue weighted by atomic mass is 16.4. The van der Waals surface area contributed by atoms with Crippen LogP contribution in [0.15, 0.2) is 107 Å². The van der Waals surface area contributed by atoms with Crippen molar-refractivity contribution in [2.75, 3.05) is 0 Å². The second-order valence-corrected chi connectivity index (χ2v) is 7.19. The molecule has 7 heteroatoms. The molecule has 0 atom stereocenters. The quantitative estimate of drug-likeness (QED) is 0.297. The number of carbonyl (C=O) groups excluding carboxylic acids is 1. The first-order chi connectivity index (χ1) is 16.0. The summed E-state index contributed by atoms with van der Waals surface area (Å²) >= 11 is 0. The highest BCUT2D eigenvalue weighted by molar-refractivity contribution is 5.95. The van der Waals surface area contributed by atoms with Crippen molar-refractivity contribution in [3.8, 4) is 11.3 Å². The van der Waals surface area contributed by atoms with Gasteiger partial charge in [-0.3, -0.25) is 4.79 Å². The molecule has 0 saturated carbocycles. The van der Waals surface area contributed by atoms with Crippen LogP contribution in [-0.4, -0.2) is 28.3 Å². The molecule has 3 N–H and O–H groups in total. The molecule has 0 unspecified atom stereocenters. The summed E-state index contributed by atoms with van der Waals surface area (Å²) < 4.78 is 5.67. The Bertz CT molecular complexity index is 1260. The molecular weight excluding hydrogens is 420 g/mol. The summed E-state index contributed by atoms with van der Waals surface area (Å²) in [7, 11) is 0. The summed E-state index contributed by atoms with van der Waals surface area (Å²) in [6, 6.07) is 26.9. The molecule has 0 aliphatic heterocycles. The van der Waals surface area contributed by atoms with Crippen molar-refractivity contribution in [1.29, 1.82) is 0 Å². The number of furan rings is 1. The van der Waals surface area contributed by atoms with Gasteiger partial charge in [-0.1, -0.05) is 78.9 Å². The number of hydrogen-bond donors (Lipinski definition) is 3. The van der Waals surface area contributed by atoms with E-state index in [-0.39, 0.29) is 5.56 Å². The third kappa shape index (κ3) is 4.44. The normalized spacial score (nSPS) is 11.4. The minimum atomic E-state index is -1.95. The van der Waals surface area contributed by atoms with Crippen LogP contribution in [0, 0.1) is 0 Å². The van der Waals surface area contributed by atoms with Gasteiger partial charge in [0.1, 0.15) is 11.5 Å². The zero-order chi connectivity index (χ0) is 23.3. The van der Waals surface area contributed by atoms with E-state index in [0.29, 0.717) is 28.2 Å². The number of hydrazone groups is 1. The molecule has 0 saturated heterocycles. The standard InChI is InChI=1S/C26H20N2O5/c29-24(30)22-14-8-7-13-21(22)23-16-15-20(33-23)17-27-28-25(31)26(32,18-9-3-1-4-10-18)19-11-5-2-6-12-19/h1-17,32H,(H,28,31)(H,29,30)/b27-17+. The highest BCUT2D eigenvalue weighted by Crippen LogP contribution is 2.30. The zero-order valence-corrected chi connectivity index (χ0v) is 17.4. The first-order valence-electron chi connectivity index (χ1n) is 10.1. The average molecular weight is 440 g/mol. The number of benzene rings is 3. The van der Waals surface area contributed by atoms with Gasteiger partial charge >= 0.3 is 5.97 Å². The molecule has 0 spiro atoms. The largest absolute Gasteiger partial charge is 0.478 e. The maximum atomic E-state index is 13.0. The van der Waals surface area contributed by atoms with Crippen molar-refractivity contribution in [1.82, 2.24) is 5.43 Å². The summed E-state index contributed by atoms with van der Waals surface area (Å²) in [6.07, 6.45) is 1.28. The van der Waals surface area contributed by atoms with E-state index in [2.05, 4.69) is 10.5 Å². The monoisotopic (exact) mass is 440 g/mol. The van der Waals surface area contributed by atoms with Crippen LogP contribution in [0.3, 0.4) is 0 Å². The van der Waals surface area contributed by atoms with Crippen molar-refractivity contribution < 1.29 is 24.2 Å². The van der Waals surface area contributed by atoms with Crippen LogP contribution >= 0.6 is 0 Å². The van der Waals surface area contributed by atoms with Gasteiger partial charge in [0.25, 0.3) is 5.91 Å². The van der Waals surface area contributed by atoms with E-state index < -0.39 is 17.5 Å². The summed E-state index contributed by atoms with van der Waals surface area (Å²) in [6.45, 7) is 0. The van der Waals surface area contributed by atoms with Crippen molar-refractivity contribution >= 4 is 18.1 Å². The van der Waals surface area contributed by atoms with E-state index in [1.54, 1.807) is 91.0 Å². The van der Waals surface area contributed by atoms with Crippen LogP contribution in [0.2, 0.25) is 0 Å². The Labute approximate surface area is 189 Å². The predicted molar refractivity (Wildman–Crippen MR) is 123 cm³/mol. The molecule has 7 nitrogen and oxygen atoms in total. The first-order valence-corrected chi connectivity index (χ1v) is 10.1. The number of aromatic carboxylic acids is 1. The highest BCUT2D eigenvalue weighted by Gasteiger charge is 2.39. The molecule has 0 radical (unpaired) electrons. The molecule has 0 fully saturated rings. The van der Waals surface area contributed by atoms with Crippen molar-refractivity contribution in [3.63, 3.8) is 0 Å². The second-order valence-electron chi connectivity index (χ2n) is 7.19. The molecule has 3 aromatic carbocycles. The first kappa shape index (κ1) is 21.7. The Hall–Kier alpha value is -4.49. The number of carbonyl (C=O) groups is 2. The lowest BCUT2D eigenvalue weighted by Gasteiger charge is -2.26. The van der Waals surface area contributed by atoms with E-state index in [0.717, 1.165) is 0 Å². The maximum Gasteiger partial charge on any atom is 0.336 e. The van der Waals surface area contributed by atoms with E-state index in [9.17, 15) is 19.8 Å². The molecule has 0 aliphatic carbocycles. The smallest absolute Gasteiger partial charge is 0.336 e. The number of hydrogen-bond acceptors (Lipinski definition) is 5. The number of rotatable bonds is 7. The van der Waals surface area contributed by atoms with Crippen LogP contribution in [0.4, 0.5) is 0 Å². The van der Waals surface area contributed by atoms with E-state index in [1.165, 1.54) is 12.3 Å². The van der Waals surface area contributed by atoms with Gasteiger partial charge in [-0.05, 0) is 29.3 Å². The number of carboxylic acids is 1. The van der Waals surface area contributed by atoms with Gasteiger partial charge in [0, 0.05) is 5.56 Å². The lowest BCUT2D eigenvalue weighted by molar-refractivity contribution is -0.136. The van der Waals surface area contributed by atoms with E-state index in [4.69, 9.17) is 4.42 Å². The van der Waals surface area contributed by atoms with Gasteiger partial charge in [0.15, 0.2) is 5.60 Å². The van der Waals surface area contributed by atoms with Gasteiger partial charge in [-0.25, -0.2) is 10.2 Å². The SMILES string of the molecule is O=C(O)c1ccccc1-c1ccc(/C=N/NC(=O)C(O)(c2ccccc2)c2ccccc2)o1. The van der Waals surface area contributed by atoms with E-state index in [1.807, 2.05) is 0 Å². The Morgan fingerprint density at radius 3 is 2.00 bits per heavy atom. The van der Waals surface area contributed by atoms with Gasteiger partial charge < -0.3 is 14.6 Å². The fraction of sp³-hybridized carbons (Fsp3) is 0.0385. The average Bonchev–Trinajstić information content (AvgIpc) is 3.33. The van der Waals surface area contributed by atoms with E-state index >= 15 is 0 Å². The number of carboxylic acid groups (broad SMARTS) is 1. The Morgan fingerprint density at radius 2 is 1.39 bits per heavy atom. The van der Waals surface area contributed by atoms with Gasteiger partial charge in [-0.15, -0.1) is 0 Å². The van der Waals surface area contributed by atoms with Crippen molar-refractivity contribution in [2.24, 2.45) is 5.10 Å². The molecule has 164 valence electrons. The molecular formula is C26H20N2O5. The van der Waals surface area contributed by atoms with Crippen LogP contribution in [0.25, 0.3) is 11.3 Å². The minimum Gasteiger partial charge on any atom is -0.478 e. The molecule has 0 bridgehead atoms. The van der Waals surface area contributed by atoms with Crippen LogP contribution in [-0.2, 0) is 10.4 Å². The number of nitrogens with zero attached hydrogens (tertiary/aromatic N) is 1. The van der Waals surface area contributed by atoms with Gasteiger partial charge in [0.2, 0.25) is 0 Å². The van der Waals surface area contributed by atoms with Crippen molar-refractivity contribution in [3.05, 3.63) is 120 Å². The molecule has 4 rings (SSSR count). The van der Waals surface area contributed by atoms with Gasteiger partial charge in [0.05, 0.1) is 11.8 Å². The van der Waals surface area contributed by atoms with Crippen LogP contribution < -0.4 is 5.43 Å². The predicted octanol–water partition coefficient (Wildman–Crippen LogP) is 4.03. The van der Waals surface area contributed by atoms with Crippen molar-refractivity contribution in [2.45, 2.75) is 5.60 Å². The lowest BCUT2D eigenvalue weighted by atomic mass is 9.85. The molecule has 1 amide bonds. The molecule has 0 aliphatic rings. The fourth-order valence-corrected chi connectivity index (χ4v) is 3.47. The second kappa shape index (κ2) is 9.33. The third-order valence-corrected chi connectivity index (χ3v) is 5.12. The van der Waals surface area contributed by atoms with Gasteiger partial charge in [-0.2, -0.15) is 5.10 Å². The Morgan fingerprint density at radius 1 is 0.818 bits per heavy atom. The molecule has 1 aromatic heterocycles. The molecule has 33 heavy (non-hydrogen) atoms. The Kier molecular flexibility index (Phi) is 6.15. The number of amides is 1. The number of nitrogens with one attached hydrogen (secondary N) is 1. The summed E-state index contributed by atoms with van der Waals surface area (Å²) in [4.78, 5) is 24.5. The lowest BCUT2D eigenvalue weighted by Crippen LogP contribution is -2.43. The molecule has 1 heterocycles. The maximum absolute atomic E-state index is 13.0. The summed E-state index contributed by atoms with van der Waals surface area (Å²) in [5.41, 5.74) is 1.76. The topological polar surface area (TPSA) is 112 Å². The Balaban J connectivity index is 1.56. The fourth-order valence-electron chi connectivity index (χ4n) is 3.47. The summed E-state index contributed by atoms with van der Waals surface area (Å²) in [5, 5.41) is 24.7. The van der Waals surface area contributed by atoms with Crippen LogP contribution in [0.1, 0.15) is 27.2 Å². The number of aliphatic hydroxyl groups is 1. The molecule has 4 aromatic rings.